The number of rotatable bonds is 2. The molecular weight excluding hydrogens is 244 g/mol. The van der Waals surface area contributed by atoms with Crippen molar-refractivity contribution in [3.8, 4) is 5.75 Å². The molecule has 3 rings (SSSR count). The highest BCUT2D eigenvalue weighted by Crippen LogP contribution is 2.33. The van der Waals surface area contributed by atoms with Gasteiger partial charge in [0.05, 0.1) is 6.04 Å². The zero-order valence-electron chi connectivity index (χ0n) is 10.5. The first-order chi connectivity index (χ1) is 9.13. The first-order valence-corrected chi connectivity index (χ1v) is 6.55. The number of hydrogen-bond donors (Lipinski definition) is 3. The van der Waals surface area contributed by atoms with Gasteiger partial charge in [-0.05, 0) is 42.5 Å². The van der Waals surface area contributed by atoms with Crippen molar-refractivity contribution in [2.75, 3.05) is 0 Å². The van der Waals surface area contributed by atoms with Crippen LogP contribution in [0.25, 0.3) is 0 Å². The number of nitrogens with one attached hydrogen (secondary N) is 2. The zero-order valence-corrected chi connectivity index (χ0v) is 10.5. The maximum absolute atomic E-state index is 11.7. The largest absolute Gasteiger partial charge is 0.508 e. The number of hydrogen-bond acceptors (Lipinski definition) is 4. The quantitative estimate of drug-likeness (QED) is 0.686. The van der Waals surface area contributed by atoms with E-state index in [0.717, 1.165) is 24.0 Å². The number of fused-ring (bicyclic) bond motifs is 1. The Morgan fingerprint density at radius 1 is 1.16 bits per heavy atom. The van der Waals surface area contributed by atoms with Crippen molar-refractivity contribution >= 4 is 11.8 Å². The number of aryl methyl sites for hydroxylation is 1. The summed E-state index contributed by atoms with van der Waals surface area (Å²) in [5.74, 6) is -0.149. The molecule has 1 heterocycles. The second-order valence-corrected chi connectivity index (χ2v) is 5.14. The topological polar surface area (TPSA) is 78.4 Å². The molecule has 1 aromatic rings. The van der Waals surface area contributed by atoms with Crippen LogP contribution in [0.5, 0.6) is 5.75 Å². The molecule has 100 valence electrons. The van der Waals surface area contributed by atoms with Crippen LogP contribution in [-0.4, -0.2) is 23.0 Å². The first kappa shape index (κ1) is 12.2. The lowest BCUT2D eigenvalue weighted by atomic mass is 10.0. The lowest BCUT2D eigenvalue weighted by molar-refractivity contribution is -0.134. The molecule has 2 unspecified atom stereocenters. The number of aromatic hydroxyl groups is 1. The van der Waals surface area contributed by atoms with Gasteiger partial charge in [-0.15, -0.1) is 0 Å². The average molecular weight is 260 g/mol. The summed E-state index contributed by atoms with van der Waals surface area (Å²) in [5.41, 5.74) is 2.27. The second-order valence-electron chi connectivity index (χ2n) is 5.14. The van der Waals surface area contributed by atoms with Crippen LogP contribution < -0.4 is 10.6 Å². The van der Waals surface area contributed by atoms with Crippen LogP contribution in [-0.2, 0) is 16.0 Å². The van der Waals surface area contributed by atoms with Gasteiger partial charge in [0.2, 0.25) is 11.8 Å². The molecule has 2 aliphatic rings. The zero-order chi connectivity index (χ0) is 13.4. The number of carbonyl (C=O) groups excluding carboxylic acids is 2. The fourth-order valence-electron chi connectivity index (χ4n) is 2.87. The standard InChI is InChI=1S/C14H16N2O3/c17-9-2-3-10-8(7-9)1-4-11(10)15-12-5-6-13(18)16-14(12)19/h2-3,7,11-12,15,17H,1,4-6H2,(H,16,18,19). The first-order valence-electron chi connectivity index (χ1n) is 6.55. The number of benzene rings is 1. The lowest BCUT2D eigenvalue weighted by Crippen LogP contribution is -2.51. The van der Waals surface area contributed by atoms with Gasteiger partial charge in [-0.25, -0.2) is 0 Å². The molecule has 1 aliphatic heterocycles. The minimum atomic E-state index is -0.303. The van der Waals surface area contributed by atoms with Crippen LogP contribution in [0.1, 0.15) is 36.4 Å². The van der Waals surface area contributed by atoms with E-state index in [1.165, 1.54) is 0 Å². The Kier molecular flexibility index (Phi) is 2.98. The third kappa shape index (κ3) is 2.33. The molecule has 0 aromatic heterocycles. The van der Waals surface area contributed by atoms with Crippen LogP contribution in [0, 0.1) is 0 Å². The number of piperidine rings is 1. The summed E-state index contributed by atoms with van der Waals surface area (Å²) in [5, 5.41) is 15.1. The second kappa shape index (κ2) is 4.66. The van der Waals surface area contributed by atoms with E-state index >= 15 is 0 Å². The minimum absolute atomic E-state index is 0.125. The maximum atomic E-state index is 11.7. The lowest BCUT2D eigenvalue weighted by Gasteiger charge is -2.25. The average Bonchev–Trinajstić information content (AvgIpc) is 2.75. The number of amides is 2. The SMILES string of the molecule is O=C1CCC(NC2CCc3cc(O)ccc32)C(=O)N1. The smallest absolute Gasteiger partial charge is 0.243 e. The number of imide groups is 1. The molecule has 2 atom stereocenters. The van der Waals surface area contributed by atoms with Gasteiger partial charge in [0.25, 0.3) is 0 Å². The Balaban J connectivity index is 1.73. The highest BCUT2D eigenvalue weighted by Gasteiger charge is 2.31. The molecule has 2 amide bonds. The third-order valence-corrected chi connectivity index (χ3v) is 3.85. The molecule has 0 saturated carbocycles. The molecule has 1 aliphatic carbocycles. The van der Waals surface area contributed by atoms with Gasteiger partial charge in [0, 0.05) is 12.5 Å². The van der Waals surface area contributed by atoms with E-state index in [1.807, 2.05) is 6.07 Å². The fourth-order valence-corrected chi connectivity index (χ4v) is 2.87. The molecule has 19 heavy (non-hydrogen) atoms. The van der Waals surface area contributed by atoms with E-state index in [9.17, 15) is 14.7 Å². The van der Waals surface area contributed by atoms with E-state index in [0.29, 0.717) is 12.8 Å². The molecule has 1 fully saturated rings. The number of phenols is 1. The summed E-state index contributed by atoms with van der Waals surface area (Å²) >= 11 is 0. The van der Waals surface area contributed by atoms with Gasteiger partial charge in [-0.2, -0.15) is 0 Å². The van der Waals surface area contributed by atoms with E-state index < -0.39 is 0 Å². The molecule has 1 aromatic carbocycles. The summed E-state index contributed by atoms with van der Waals surface area (Å²) in [4.78, 5) is 22.8. The molecule has 5 heteroatoms. The number of phenolic OH excluding ortho intramolecular Hbond substituents is 1. The van der Waals surface area contributed by atoms with E-state index in [4.69, 9.17) is 0 Å². The molecular formula is C14H16N2O3. The monoisotopic (exact) mass is 260 g/mol. The predicted molar refractivity (Wildman–Crippen MR) is 68.5 cm³/mol. The highest BCUT2D eigenvalue weighted by molar-refractivity contribution is 6.00. The number of carbonyl (C=O) groups is 2. The van der Waals surface area contributed by atoms with Gasteiger partial charge in [0.15, 0.2) is 0 Å². The van der Waals surface area contributed by atoms with Gasteiger partial charge in [0.1, 0.15) is 5.75 Å². The van der Waals surface area contributed by atoms with Gasteiger partial charge < -0.3 is 5.11 Å². The fraction of sp³-hybridized carbons (Fsp3) is 0.429. The predicted octanol–water partition coefficient (Wildman–Crippen LogP) is 0.774. The Morgan fingerprint density at radius 3 is 2.74 bits per heavy atom. The van der Waals surface area contributed by atoms with Crippen molar-refractivity contribution in [3.05, 3.63) is 29.3 Å². The molecule has 0 radical (unpaired) electrons. The van der Waals surface area contributed by atoms with Crippen LogP contribution in [0.2, 0.25) is 0 Å². The molecule has 3 N–H and O–H groups in total. The molecule has 1 saturated heterocycles. The van der Waals surface area contributed by atoms with E-state index in [1.54, 1.807) is 12.1 Å². The van der Waals surface area contributed by atoms with Crippen LogP contribution in [0.4, 0.5) is 0 Å². The molecule has 5 nitrogen and oxygen atoms in total. The maximum Gasteiger partial charge on any atom is 0.243 e. The van der Waals surface area contributed by atoms with Gasteiger partial charge in [-0.3, -0.25) is 20.2 Å². The van der Waals surface area contributed by atoms with Crippen LogP contribution in [0.15, 0.2) is 18.2 Å². The van der Waals surface area contributed by atoms with E-state index in [2.05, 4.69) is 10.6 Å². The Morgan fingerprint density at radius 2 is 1.95 bits per heavy atom. The Labute approximate surface area is 111 Å². The summed E-state index contributed by atoms with van der Waals surface area (Å²) in [7, 11) is 0. The van der Waals surface area contributed by atoms with Crippen molar-refractivity contribution in [1.82, 2.24) is 10.6 Å². The van der Waals surface area contributed by atoms with Crippen molar-refractivity contribution in [2.45, 2.75) is 37.8 Å². The van der Waals surface area contributed by atoms with Crippen LogP contribution in [0.3, 0.4) is 0 Å². The summed E-state index contributed by atoms with van der Waals surface area (Å²) in [6, 6.07) is 5.17. The minimum Gasteiger partial charge on any atom is -0.508 e. The van der Waals surface area contributed by atoms with Crippen molar-refractivity contribution in [3.63, 3.8) is 0 Å². The van der Waals surface area contributed by atoms with Crippen molar-refractivity contribution in [1.29, 1.82) is 0 Å². The van der Waals surface area contributed by atoms with Crippen LogP contribution >= 0.6 is 0 Å². The van der Waals surface area contributed by atoms with Gasteiger partial charge in [-0.1, -0.05) is 6.07 Å². The Bertz CT molecular complexity index is 541. The normalized spacial score (nSPS) is 26.1. The van der Waals surface area contributed by atoms with E-state index in [-0.39, 0.29) is 29.6 Å². The summed E-state index contributed by atoms with van der Waals surface area (Å²) < 4.78 is 0. The molecule has 0 spiro atoms. The highest BCUT2D eigenvalue weighted by atomic mass is 16.3. The third-order valence-electron chi connectivity index (χ3n) is 3.85. The van der Waals surface area contributed by atoms with Crippen molar-refractivity contribution in [2.24, 2.45) is 0 Å². The summed E-state index contributed by atoms with van der Waals surface area (Å²) in [6.07, 6.45) is 2.75. The molecule has 0 bridgehead atoms. The van der Waals surface area contributed by atoms with Gasteiger partial charge >= 0.3 is 0 Å². The van der Waals surface area contributed by atoms with Crippen molar-refractivity contribution < 1.29 is 14.7 Å². The Hall–Kier alpha value is -1.88. The summed E-state index contributed by atoms with van der Waals surface area (Å²) in [6.45, 7) is 0.